The van der Waals surface area contributed by atoms with Crippen LogP contribution in [0.4, 0.5) is 0 Å². The second-order valence-corrected chi connectivity index (χ2v) is 4.73. The highest BCUT2D eigenvalue weighted by molar-refractivity contribution is 9.10. The van der Waals surface area contributed by atoms with Gasteiger partial charge in [-0.05, 0) is 34.1 Å². The molecule has 2 heterocycles. The largest absolute Gasteiger partial charge is 0.441 e. The zero-order valence-electron chi connectivity index (χ0n) is 9.70. The summed E-state index contributed by atoms with van der Waals surface area (Å²) in [6, 6.07) is 5.80. The van der Waals surface area contributed by atoms with Gasteiger partial charge in [0.15, 0.2) is 16.2 Å². The molecule has 0 atom stereocenters. The molecule has 6 heteroatoms. The lowest BCUT2D eigenvalue weighted by Crippen LogP contribution is -1.98. The Labute approximate surface area is 112 Å². The zero-order chi connectivity index (χ0) is 12.7. The number of fused-ring (bicyclic) bond motifs is 1. The Hall–Kier alpha value is -1.66. The number of H-pyrrole nitrogens is 1. The molecule has 0 spiro atoms. The van der Waals surface area contributed by atoms with Gasteiger partial charge in [0.25, 0.3) is 0 Å². The highest BCUT2D eigenvalue weighted by atomic mass is 79.9. The number of aromatic nitrogens is 3. The number of nitrogens with one attached hydrogen (secondary N) is 1. The fourth-order valence-electron chi connectivity index (χ4n) is 1.95. The van der Waals surface area contributed by atoms with Gasteiger partial charge >= 0.3 is 0 Å². The lowest BCUT2D eigenvalue weighted by molar-refractivity contribution is 0.561. The molecule has 0 fully saturated rings. The summed E-state index contributed by atoms with van der Waals surface area (Å²) in [6.45, 7) is 2.24. The number of nitrogens with zero attached hydrogens (tertiary/aromatic N) is 2. The van der Waals surface area contributed by atoms with Gasteiger partial charge in [0.1, 0.15) is 5.52 Å². The van der Waals surface area contributed by atoms with Crippen molar-refractivity contribution in [3.63, 3.8) is 0 Å². The number of oxazole rings is 1. The smallest absolute Gasteiger partial charge is 0.192 e. The molecule has 3 N–H and O–H groups in total. The number of benzene rings is 1. The van der Waals surface area contributed by atoms with Gasteiger partial charge in [0, 0.05) is 19.0 Å². The summed E-state index contributed by atoms with van der Waals surface area (Å²) in [5.74, 6) is 0.657. The van der Waals surface area contributed by atoms with Crippen molar-refractivity contribution in [2.75, 3.05) is 0 Å². The third-order valence-electron chi connectivity index (χ3n) is 2.72. The standard InChI is InChI=1S/C12H11BrN4O/c1-6-15-8-4-7(2-3-10(8)18-6)11-9(5-14)16-12(13)17-11/h2-4H,5,14H2,1H3,(H,16,17). The molecule has 0 unspecified atom stereocenters. The van der Waals surface area contributed by atoms with Crippen LogP contribution >= 0.6 is 15.9 Å². The molecule has 0 aliphatic carbocycles. The van der Waals surface area contributed by atoms with E-state index in [-0.39, 0.29) is 0 Å². The summed E-state index contributed by atoms with van der Waals surface area (Å²) < 4.78 is 6.12. The molecule has 0 radical (unpaired) electrons. The Bertz CT molecular complexity index is 716. The van der Waals surface area contributed by atoms with Crippen LogP contribution in [0, 0.1) is 6.92 Å². The minimum atomic E-state index is 0.407. The van der Waals surface area contributed by atoms with Crippen molar-refractivity contribution in [1.29, 1.82) is 0 Å². The van der Waals surface area contributed by atoms with Crippen molar-refractivity contribution in [1.82, 2.24) is 15.0 Å². The number of hydrogen-bond donors (Lipinski definition) is 2. The van der Waals surface area contributed by atoms with Crippen molar-refractivity contribution < 1.29 is 4.42 Å². The maximum Gasteiger partial charge on any atom is 0.192 e. The molecule has 3 rings (SSSR count). The predicted molar refractivity (Wildman–Crippen MR) is 71.9 cm³/mol. The molecule has 3 aromatic rings. The minimum Gasteiger partial charge on any atom is -0.441 e. The first kappa shape index (κ1) is 11.4. The van der Waals surface area contributed by atoms with E-state index >= 15 is 0 Å². The first-order valence-corrected chi connectivity index (χ1v) is 6.28. The molecule has 0 saturated heterocycles. The minimum absolute atomic E-state index is 0.407. The van der Waals surface area contributed by atoms with Gasteiger partial charge in [-0.2, -0.15) is 0 Å². The Kier molecular flexibility index (Phi) is 2.68. The van der Waals surface area contributed by atoms with Gasteiger partial charge in [-0.3, -0.25) is 0 Å². The van der Waals surface area contributed by atoms with E-state index in [4.69, 9.17) is 10.2 Å². The average molecular weight is 307 g/mol. The second-order valence-electron chi connectivity index (χ2n) is 3.97. The molecule has 0 aliphatic heterocycles. The van der Waals surface area contributed by atoms with Crippen LogP contribution in [-0.4, -0.2) is 15.0 Å². The summed E-state index contributed by atoms with van der Waals surface area (Å²) >= 11 is 3.32. The molecule has 5 nitrogen and oxygen atoms in total. The fourth-order valence-corrected chi connectivity index (χ4v) is 2.37. The summed E-state index contributed by atoms with van der Waals surface area (Å²) in [5, 5.41) is 0. The van der Waals surface area contributed by atoms with Crippen LogP contribution in [0.5, 0.6) is 0 Å². The number of nitrogens with two attached hydrogens (primary N) is 1. The van der Waals surface area contributed by atoms with E-state index in [1.54, 1.807) is 0 Å². The summed E-state index contributed by atoms with van der Waals surface area (Å²) in [6.07, 6.45) is 0. The van der Waals surface area contributed by atoms with E-state index in [9.17, 15) is 0 Å². The molecule has 18 heavy (non-hydrogen) atoms. The van der Waals surface area contributed by atoms with Gasteiger partial charge in [-0.25, -0.2) is 9.97 Å². The monoisotopic (exact) mass is 306 g/mol. The second kappa shape index (κ2) is 4.22. The number of aromatic amines is 1. The van der Waals surface area contributed by atoms with Crippen molar-refractivity contribution in [3.05, 3.63) is 34.5 Å². The topological polar surface area (TPSA) is 80.7 Å². The van der Waals surface area contributed by atoms with Crippen LogP contribution < -0.4 is 5.73 Å². The van der Waals surface area contributed by atoms with Gasteiger partial charge in [-0.1, -0.05) is 0 Å². The molecule has 0 aliphatic rings. The van der Waals surface area contributed by atoms with Crippen molar-refractivity contribution in [2.24, 2.45) is 5.73 Å². The molecule has 0 saturated carbocycles. The number of halogens is 1. The molecule has 92 valence electrons. The van der Waals surface area contributed by atoms with E-state index < -0.39 is 0 Å². The van der Waals surface area contributed by atoms with E-state index in [2.05, 4.69) is 30.9 Å². The van der Waals surface area contributed by atoms with Gasteiger partial charge in [0.05, 0.1) is 11.4 Å². The molecular weight excluding hydrogens is 296 g/mol. The Morgan fingerprint density at radius 2 is 2.22 bits per heavy atom. The zero-order valence-corrected chi connectivity index (χ0v) is 11.3. The Morgan fingerprint density at radius 3 is 3.00 bits per heavy atom. The van der Waals surface area contributed by atoms with Crippen LogP contribution in [-0.2, 0) is 6.54 Å². The summed E-state index contributed by atoms with van der Waals surface area (Å²) in [4.78, 5) is 11.8. The number of rotatable bonds is 2. The predicted octanol–water partition coefficient (Wildman–Crippen LogP) is 2.75. The van der Waals surface area contributed by atoms with Gasteiger partial charge in [-0.15, -0.1) is 0 Å². The van der Waals surface area contributed by atoms with Gasteiger partial charge in [0.2, 0.25) is 0 Å². The van der Waals surface area contributed by atoms with Crippen LogP contribution in [0.3, 0.4) is 0 Å². The third-order valence-corrected chi connectivity index (χ3v) is 3.10. The summed E-state index contributed by atoms with van der Waals surface area (Å²) in [7, 11) is 0. The average Bonchev–Trinajstić information content (AvgIpc) is 2.89. The summed E-state index contributed by atoms with van der Waals surface area (Å²) in [5.41, 5.74) is 10.00. The van der Waals surface area contributed by atoms with Crippen molar-refractivity contribution >= 4 is 27.0 Å². The van der Waals surface area contributed by atoms with Crippen molar-refractivity contribution in [2.45, 2.75) is 13.5 Å². The van der Waals surface area contributed by atoms with Crippen molar-refractivity contribution in [3.8, 4) is 11.3 Å². The molecule has 0 amide bonds. The lowest BCUT2D eigenvalue weighted by atomic mass is 10.1. The maximum absolute atomic E-state index is 5.69. The Morgan fingerprint density at radius 1 is 1.39 bits per heavy atom. The van der Waals surface area contributed by atoms with E-state index in [0.29, 0.717) is 17.2 Å². The van der Waals surface area contributed by atoms with Crippen LogP contribution in [0.2, 0.25) is 0 Å². The molecule has 0 bridgehead atoms. The molecule has 1 aromatic carbocycles. The van der Waals surface area contributed by atoms with Crippen LogP contribution in [0.1, 0.15) is 11.6 Å². The number of hydrogen-bond acceptors (Lipinski definition) is 4. The van der Waals surface area contributed by atoms with E-state index in [1.807, 2.05) is 25.1 Å². The van der Waals surface area contributed by atoms with E-state index in [0.717, 1.165) is 28.1 Å². The highest BCUT2D eigenvalue weighted by Gasteiger charge is 2.12. The first-order chi connectivity index (χ1) is 8.67. The van der Waals surface area contributed by atoms with Crippen LogP contribution in [0.15, 0.2) is 27.3 Å². The maximum atomic E-state index is 5.69. The van der Waals surface area contributed by atoms with Crippen LogP contribution in [0.25, 0.3) is 22.4 Å². The molecular formula is C12H11BrN4O. The number of imidazole rings is 1. The normalized spacial score (nSPS) is 11.3. The first-order valence-electron chi connectivity index (χ1n) is 5.49. The fraction of sp³-hybridized carbons (Fsp3) is 0.167. The quantitative estimate of drug-likeness (QED) is 0.763. The third kappa shape index (κ3) is 1.83. The lowest BCUT2D eigenvalue weighted by Gasteiger charge is -1.99. The molecule has 2 aromatic heterocycles. The SMILES string of the molecule is Cc1nc2cc(-c3nc(Br)[nH]c3CN)ccc2o1. The highest BCUT2D eigenvalue weighted by Crippen LogP contribution is 2.27. The number of aryl methyl sites for hydroxylation is 1. The van der Waals surface area contributed by atoms with E-state index in [1.165, 1.54) is 0 Å². The van der Waals surface area contributed by atoms with Gasteiger partial charge < -0.3 is 15.1 Å². The Balaban J connectivity index is 2.18.